The number of nitrogens with one attached hydrogen (secondary N) is 3. The van der Waals surface area contributed by atoms with Crippen molar-refractivity contribution in [1.29, 1.82) is 0 Å². The van der Waals surface area contributed by atoms with Gasteiger partial charge in [-0.1, -0.05) is 18.2 Å². The fraction of sp³-hybridized carbons (Fsp3) is 0.679. The molecule has 12 heteroatoms. The maximum atomic E-state index is 14.5. The van der Waals surface area contributed by atoms with E-state index in [4.69, 9.17) is 9.47 Å². The van der Waals surface area contributed by atoms with E-state index in [0.717, 1.165) is 5.56 Å². The normalized spacial score (nSPS) is 28.0. The lowest BCUT2D eigenvalue weighted by Crippen LogP contribution is -2.66. The van der Waals surface area contributed by atoms with E-state index in [-0.39, 0.29) is 37.4 Å². The number of piperazine rings is 1. The van der Waals surface area contributed by atoms with Gasteiger partial charge in [-0.2, -0.15) is 0 Å². The Bertz CT molecular complexity index is 1100. The topological polar surface area (TPSA) is 112 Å². The van der Waals surface area contributed by atoms with E-state index >= 15 is 0 Å². The molecule has 4 aliphatic heterocycles. The van der Waals surface area contributed by atoms with Crippen LogP contribution in [0.4, 0.5) is 8.78 Å². The van der Waals surface area contributed by atoms with Gasteiger partial charge in [-0.15, -0.1) is 0 Å². The number of carbonyl (C=O) groups is 3. The first-order valence-corrected chi connectivity index (χ1v) is 14.2. The second-order valence-corrected chi connectivity index (χ2v) is 11.3. The highest BCUT2D eigenvalue weighted by molar-refractivity contribution is 5.93. The first-order chi connectivity index (χ1) is 19.2. The molecule has 3 N–H and O–H groups in total. The van der Waals surface area contributed by atoms with Crippen molar-refractivity contribution in [1.82, 2.24) is 25.8 Å². The van der Waals surface area contributed by atoms with Gasteiger partial charge in [0.25, 0.3) is 5.92 Å². The molecule has 3 saturated heterocycles. The number of hydrogen-bond acceptors (Lipinski definition) is 7. The molecule has 0 aliphatic carbocycles. The summed E-state index contributed by atoms with van der Waals surface area (Å²) in [5.74, 6) is -3.53. The Morgan fingerprint density at radius 1 is 1.07 bits per heavy atom. The quantitative estimate of drug-likeness (QED) is 0.455. The lowest BCUT2D eigenvalue weighted by Gasteiger charge is -2.45. The number of halogens is 2. The molecule has 40 heavy (non-hydrogen) atoms. The molecule has 1 aromatic rings. The largest absolute Gasteiger partial charge is 0.493 e. The molecule has 0 aromatic heterocycles. The summed E-state index contributed by atoms with van der Waals surface area (Å²) in [5.41, 5.74) is 0.842. The average Bonchev–Trinajstić information content (AvgIpc) is 3.27. The molecule has 0 spiro atoms. The minimum absolute atomic E-state index is 0.00403. The van der Waals surface area contributed by atoms with Crippen molar-refractivity contribution in [2.45, 2.75) is 68.7 Å². The minimum Gasteiger partial charge on any atom is -0.493 e. The molecule has 10 nitrogen and oxygen atoms in total. The van der Waals surface area contributed by atoms with Crippen molar-refractivity contribution in [3.05, 3.63) is 29.8 Å². The lowest BCUT2D eigenvalue weighted by molar-refractivity contribution is -0.150. The number of likely N-dealkylation sites (N-methyl/N-ethyl adjacent to an activating group) is 1. The number of alkyl halides is 2. The molecule has 4 aliphatic rings. The van der Waals surface area contributed by atoms with Crippen molar-refractivity contribution >= 4 is 17.7 Å². The third-order valence-corrected chi connectivity index (χ3v) is 8.66. The van der Waals surface area contributed by atoms with E-state index < -0.39 is 48.4 Å². The van der Waals surface area contributed by atoms with E-state index in [1.165, 1.54) is 4.90 Å². The highest BCUT2D eigenvalue weighted by atomic mass is 19.3. The van der Waals surface area contributed by atoms with E-state index in [2.05, 4.69) is 16.0 Å². The number of carbonyl (C=O) groups excluding carboxylic acids is 3. The van der Waals surface area contributed by atoms with Gasteiger partial charge in [0.1, 0.15) is 17.8 Å². The van der Waals surface area contributed by atoms with Gasteiger partial charge in [-0.25, -0.2) is 8.78 Å². The zero-order valence-electron chi connectivity index (χ0n) is 23.0. The summed E-state index contributed by atoms with van der Waals surface area (Å²) in [6.07, 6.45) is 1.32. The number of hydrogen-bond donors (Lipinski definition) is 3. The van der Waals surface area contributed by atoms with Gasteiger partial charge in [-0.3, -0.25) is 19.3 Å². The number of rotatable bonds is 7. The van der Waals surface area contributed by atoms with Gasteiger partial charge < -0.3 is 30.3 Å². The van der Waals surface area contributed by atoms with Gasteiger partial charge in [0.15, 0.2) is 0 Å². The van der Waals surface area contributed by atoms with Crippen molar-refractivity contribution < 1.29 is 32.6 Å². The number of amides is 3. The van der Waals surface area contributed by atoms with Gasteiger partial charge >= 0.3 is 0 Å². The zero-order chi connectivity index (χ0) is 28.4. The second-order valence-electron chi connectivity index (χ2n) is 11.3. The first-order valence-electron chi connectivity index (χ1n) is 14.2. The van der Waals surface area contributed by atoms with Crippen LogP contribution in [0.1, 0.15) is 44.2 Å². The molecule has 0 bridgehead atoms. The van der Waals surface area contributed by atoms with Crippen LogP contribution in [0.15, 0.2) is 24.3 Å². The Morgan fingerprint density at radius 3 is 2.58 bits per heavy atom. The summed E-state index contributed by atoms with van der Waals surface area (Å²) >= 11 is 0. The predicted octanol–water partition coefficient (Wildman–Crippen LogP) is 1.07. The maximum absolute atomic E-state index is 14.5. The molecule has 2 unspecified atom stereocenters. The molecule has 5 atom stereocenters. The number of benzene rings is 1. The Hall–Kier alpha value is -2.83. The summed E-state index contributed by atoms with van der Waals surface area (Å²) in [6.45, 7) is 2.60. The second kappa shape index (κ2) is 12.0. The van der Waals surface area contributed by atoms with Crippen molar-refractivity contribution in [3.63, 3.8) is 0 Å². The number of nitrogens with zero attached hydrogens (tertiary/aromatic N) is 2. The molecular formula is C28H39F2N5O5. The highest BCUT2D eigenvalue weighted by Gasteiger charge is 2.52. The van der Waals surface area contributed by atoms with Crippen molar-refractivity contribution in [2.24, 2.45) is 5.92 Å². The number of fused-ring (bicyclic) bond motifs is 2. The third-order valence-electron chi connectivity index (χ3n) is 8.66. The van der Waals surface area contributed by atoms with E-state index in [1.807, 2.05) is 24.3 Å². The van der Waals surface area contributed by atoms with E-state index in [0.29, 0.717) is 44.8 Å². The minimum atomic E-state index is -2.89. The van der Waals surface area contributed by atoms with Gasteiger partial charge in [0, 0.05) is 50.8 Å². The zero-order valence-corrected chi connectivity index (χ0v) is 23.0. The van der Waals surface area contributed by atoms with Crippen LogP contribution in [0.25, 0.3) is 0 Å². The van der Waals surface area contributed by atoms with Crippen LogP contribution < -0.4 is 20.7 Å². The molecule has 3 fully saturated rings. The number of ether oxygens (including phenoxy) is 2. The standard InChI is InChI=1S/C28H39F2N5O5/c1-17(31-2)25(36)33-24(18-7-10-39-11-8-18)27(38)35-14-19-13-28(29,30)16-34(19)15-22(35)26(37)32-21-9-12-40-23-6-4-3-5-20(21)23/h3-6,17-19,21-22,24,31H,7-16H2,1-2H3,(H,32,37)(H,33,36)/t17-,19?,21+,22?,24-/m0/s1. The summed E-state index contributed by atoms with van der Waals surface area (Å²) in [7, 11) is 1.66. The fourth-order valence-corrected chi connectivity index (χ4v) is 6.28. The van der Waals surface area contributed by atoms with Crippen molar-refractivity contribution in [3.8, 4) is 5.75 Å². The molecule has 220 valence electrons. The predicted molar refractivity (Wildman–Crippen MR) is 142 cm³/mol. The number of para-hydroxylation sites is 1. The Kier molecular flexibility index (Phi) is 8.58. The average molecular weight is 564 g/mol. The molecule has 5 rings (SSSR count). The Labute approximate surface area is 233 Å². The smallest absolute Gasteiger partial charge is 0.262 e. The SMILES string of the molecule is CN[C@@H](C)C(=O)N[C@H](C(=O)N1CC2CC(F)(F)CN2CC1C(=O)N[C@@H]1CCOc2ccccc21)C1CCOCC1. The monoisotopic (exact) mass is 563 g/mol. The van der Waals surface area contributed by atoms with Crippen LogP contribution in [-0.4, -0.2) is 104 Å². The lowest BCUT2D eigenvalue weighted by atomic mass is 9.89. The molecular weight excluding hydrogens is 524 g/mol. The summed E-state index contributed by atoms with van der Waals surface area (Å²) < 4.78 is 40.1. The van der Waals surface area contributed by atoms with Crippen LogP contribution in [0.3, 0.4) is 0 Å². The highest BCUT2D eigenvalue weighted by Crippen LogP contribution is 2.37. The molecule has 3 amide bonds. The van der Waals surface area contributed by atoms with Crippen LogP contribution >= 0.6 is 0 Å². The van der Waals surface area contributed by atoms with Crippen LogP contribution in [-0.2, 0) is 19.1 Å². The van der Waals surface area contributed by atoms with Gasteiger partial charge in [0.2, 0.25) is 17.7 Å². The summed E-state index contributed by atoms with van der Waals surface area (Å²) in [6, 6.07) is 4.17. The Morgan fingerprint density at radius 2 is 1.82 bits per heavy atom. The van der Waals surface area contributed by atoms with E-state index in [1.54, 1.807) is 18.9 Å². The molecule has 4 heterocycles. The molecule has 0 saturated carbocycles. The summed E-state index contributed by atoms with van der Waals surface area (Å²) in [5, 5.41) is 8.86. The van der Waals surface area contributed by atoms with Gasteiger partial charge in [0.05, 0.1) is 25.2 Å². The molecule has 0 radical (unpaired) electrons. The molecule has 1 aromatic carbocycles. The Balaban J connectivity index is 1.41. The van der Waals surface area contributed by atoms with Crippen LogP contribution in [0.5, 0.6) is 5.75 Å². The third kappa shape index (κ3) is 6.08. The summed E-state index contributed by atoms with van der Waals surface area (Å²) in [4.78, 5) is 44.0. The van der Waals surface area contributed by atoms with Crippen LogP contribution in [0, 0.1) is 5.92 Å². The van der Waals surface area contributed by atoms with E-state index in [9.17, 15) is 23.2 Å². The maximum Gasteiger partial charge on any atom is 0.262 e. The van der Waals surface area contributed by atoms with Crippen LogP contribution in [0.2, 0.25) is 0 Å². The first kappa shape index (κ1) is 28.7. The van der Waals surface area contributed by atoms with Gasteiger partial charge in [-0.05, 0) is 38.8 Å². The van der Waals surface area contributed by atoms with Crippen molar-refractivity contribution in [2.75, 3.05) is 46.5 Å². The fourth-order valence-electron chi connectivity index (χ4n) is 6.28.